The molecule has 0 bridgehead atoms. The summed E-state index contributed by atoms with van der Waals surface area (Å²) in [6.07, 6.45) is 0. The van der Waals surface area contributed by atoms with Gasteiger partial charge in [0.1, 0.15) is 0 Å². The lowest BCUT2D eigenvalue weighted by molar-refractivity contribution is 0.372. The molecule has 0 unspecified atom stereocenters. The molecular weight excluding hydrogens is 280 g/mol. The molecule has 2 heterocycles. The van der Waals surface area contributed by atoms with Crippen LogP contribution in [0.3, 0.4) is 0 Å². The second-order valence-corrected chi connectivity index (χ2v) is 6.43. The summed E-state index contributed by atoms with van der Waals surface area (Å²) in [4.78, 5) is 16.9. The molecule has 0 aromatic carbocycles. The average molecular weight is 290 g/mol. The lowest BCUT2D eigenvalue weighted by Gasteiger charge is -2.01. The van der Waals surface area contributed by atoms with Crippen LogP contribution in [0, 0.1) is 13.8 Å². The van der Waals surface area contributed by atoms with E-state index in [9.17, 15) is 13.2 Å². The van der Waals surface area contributed by atoms with Crippen LogP contribution in [0.4, 0.5) is 0 Å². The van der Waals surface area contributed by atoms with Crippen LogP contribution in [0.5, 0.6) is 0 Å². The van der Waals surface area contributed by atoms with E-state index in [1.54, 1.807) is 6.92 Å². The Labute approximate surface area is 106 Å². The molecule has 0 radical (unpaired) electrons. The number of aromatic nitrogens is 3. The molecule has 2 aromatic rings. The molecular formula is C8H10N4O4S2. The third kappa shape index (κ3) is 2.66. The summed E-state index contributed by atoms with van der Waals surface area (Å²) < 4.78 is 30.8. The SMILES string of the molecule is Cc1noc(CNS(=O)(=O)c2sc(=O)[nH]c2C)n1. The lowest BCUT2D eigenvalue weighted by atomic mass is 10.6. The fraction of sp³-hybridized carbons (Fsp3) is 0.375. The van der Waals surface area contributed by atoms with Gasteiger partial charge in [-0.05, 0) is 13.8 Å². The van der Waals surface area contributed by atoms with E-state index in [4.69, 9.17) is 4.52 Å². The van der Waals surface area contributed by atoms with E-state index in [1.807, 2.05) is 0 Å². The first-order valence-corrected chi connectivity index (χ1v) is 7.17. The Kier molecular flexibility index (Phi) is 3.32. The molecule has 0 fully saturated rings. The van der Waals surface area contributed by atoms with Crippen LogP contribution < -0.4 is 9.60 Å². The summed E-state index contributed by atoms with van der Waals surface area (Å²) in [5, 5.41) is 3.54. The number of aryl methyl sites for hydroxylation is 2. The van der Waals surface area contributed by atoms with Gasteiger partial charge in [-0.1, -0.05) is 16.5 Å². The maximum Gasteiger partial charge on any atom is 0.305 e. The van der Waals surface area contributed by atoms with Crippen LogP contribution in [0.25, 0.3) is 0 Å². The molecule has 0 saturated heterocycles. The molecule has 2 rings (SSSR count). The number of hydrogen-bond acceptors (Lipinski definition) is 7. The molecule has 98 valence electrons. The fourth-order valence-corrected chi connectivity index (χ4v) is 3.60. The maximum absolute atomic E-state index is 11.9. The van der Waals surface area contributed by atoms with Crippen LogP contribution in [0.1, 0.15) is 17.4 Å². The van der Waals surface area contributed by atoms with Crippen molar-refractivity contribution in [3.63, 3.8) is 0 Å². The Morgan fingerprint density at radius 3 is 2.67 bits per heavy atom. The molecule has 0 atom stereocenters. The summed E-state index contributed by atoms with van der Waals surface area (Å²) in [6, 6.07) is 0. The standard InChI is InChI=1S/C8H10N4O4S2/c1-4-7(17-8(13)10-4)18(14,15)9-3-6-11-5(2)12-16-6/h9H,3H2,1-2H3,(H,10,13). The molecule has 10 heteroatoms. The summed E-state index contributed by atoms with van der Waals surface area (Å²) in [6.45, 7) is 3.03. The molecule has 0 aliphatic heterocycles. The van der Waals surface area contributed by atoms with E-state index in [0.717, 1.165) is 0 Å². The summed E-state index contributed by atoms with van der Waals surface area (Å²) in [5.41, 5.74) is 0.305. The van der Waals surface area contributed by atoms with Crippen molar-refractivity contribution in [3.8, 4) is 0 Å². The number of nitrogens with zero attached hydrogens (tertiary/aromatic N) is 2. The maximum atomic E-state index is 11.9. The van der Waals surface area contributed by atoms with Crippen LogP contribution in [0.15, 0.2) is 13.5 Å². The van der Waals surface area contributed by atoms with Crippen molar-refractivity contribution < 1.29 is 12.9 Å². The van der Waals surface area contributed by atoms with Gasteiger partial charge >= 0.3 is 4.87 Å². The minimum Gasteiger partial charge on any atom is -0.338 e. The highest BCUT2D eigenvalue weighted by atomic mass is 32.2. The van der Waals surface area contributed by atoms with Gasteiger partial charge in [-0.3, -0.25) is 4.79 Å². The van der Waals surface area contributed by atoms with Crippen LogP contribution in [0.2, 0.25) is 0 Å². The first-order chi connectivity index (χ1) is 8.38. The molecule has 0 aliphatic carbocycles. The van der Waals surface area contributed by atoms with Crippen molar-refractivity contribution >= 4 is 21.4 Å². The Balaban J connectivity index is 2.18. The average Bonchev–Trinajstić information content (AvgIpc) is 2.82. The monoisotopic (exact) mass is 290 g/mol. The third-order valence-corrected chi connectivity index (χ3v) is 5.01. The molecule has 0 spiro atoms. The Bertz CT molecular complexity index is 712. The normalized spacial score (nSPS) is 11.9. The molecule has 8 nitrogen and oxygen atoms in total. The molecule has 0 aliphatic rings. The zero-order valence-electron chi connectivity index (χ0n) is 9.55. The minimum atomic E-state index is -3.75. The van der Waals surface area contributed by atoms with Crippen LogP contribution >= 0.6 is 11.3 Å². The summed E-state index contributed by atoms with van der Waals surface area (Å²) >= 11 is 0.633. The predicted octanol–water partition coefficient (Wildman–Crippen LogP) is -0.0853. The van der Waals surface area contributed by atoms with Crippen molar-refractivity contribution in [1.29, 1.82) is 0 Å². The van der Waals surface area contributed by atoms with Crippen molar-refractivity contribution in [2.24, 2.45) is 0 Å². The zero-order chi connectivity index (χ0) is 13.3. The smallest absolute Gasteiger partial charge is 0.305 e. The Morgan fingerprint density at radius 1 is 1.44 bits per heavy atom. The molecule has 2 aromatic heterocycles. The highest BCUT2D eigenvalue weighted by Gasteiger charge is 2.21. The highest BCUT2D eigenvalue weighted by molar-refractivity contribution is 7.91. The van der Waals surface area contributed by atoms with Crippen molar-refractivity contribution in [3.05, 3.63) is 27.1 Å². The number of sulfonamides is 1. The van der Waals surface area contributed by atoms with E-state index >= 15 is 0 Å². The van der Waals surface area contributed by atoms with Gasteiger partial charge in [-0.2, -0.15) is 4.98 Å². The van der Waals surface area contributed by atoms with Crippen molar-refractivity contribution in [1.82, 2.24) is 19.8 Å². The lowest BCUT2D eigenvalue weighted by Crippen LogP contribution is -2.23. The quantitative estimate of drug-likeness (QED) is 0.812. The zero-order valence-corrected chi connectivity index (χ0v) is 11.2. The van der Waals surface area contributed by atoms with Gasteiger partial charge in [0.25, 0.3) is 10.0 Å². The fourth-order valence-electron chi connectivity index (χ4n) is 1.28. The molecule has 18 heavy (non-hydrogen) atoms. The van der Waals surface area contributed by atoms with Crippen molar-refractivity contribution in [2.45, 2.75) is 24.6 Å². The van der Waals surface area contributed by atoms with Crippen LogP contribution in [-0.4, -0.2) is 23.5 Å². The van der Waals surface area contributed by atoms with E-state index in [0.29, 0.717) is 22.9 Å². The summed E-state index contributed by atoms with van der Waals surface area (Å²) in [7, 11) is -3.75. The van der Waals surface area contributed by atoms with Gasteiger partial charge < -0.3 is 9.51 Å². The number of thiazole rings is 1. The first kappa shape index (κ1) is 12.9. The Hall–Kier alpha value is -1.52. The highest BCUT2D eigenvalue weighted by Crippen LogP contribution is 2.15. The Morgan fingerprint density at radius 2 is 2.17 bits per heavy atom. The third-order valence-electron chi connectivity index (χ3n) is 2.01. The number of H-pyrrole nitrogens is 1. The largest absolute Gasteiger partial charge is 0.338 e. The number of hydrogen-bond donors (Lipinski definition) is 2. The second-order valence-electron chi connectivity index (χ2n) is 3.49. The topological polar surface area (TPSA) is 118 Å². The minimum absolute atomic E-state index is 0.0382. The van der Waals surface area contributed by atoms with Gasteiger partial charge in [-0.25, -0.2) is 13.1 Å². The number of rotatable bonds is 4. The van der Waals surface area contributed by atoms with Gasteiger partial charge in [0.15, 0.2) is 10.0 Å². The number of aromatic amines is 1. The molecule has 0 saturated carbocycles. The number of nitrogens with one attached hydrogen (secondary N) is 2. The van der Waals surface area contributed by atoms with Gasteiger partial charge in [-0.15, -0.1) is 0 Å². The van der Waals surface area contributed by atoms with Crippen molar-refractivity contribution in [2.75, 3.05) is 0 Å². The first-order valence-electron chi connectivity index (χ1n) is 4.87. The van der Waals surface area contributed by atoms with Crippen LogP contribution in [-0.2, 0) is 16.6 Å². The van der Waals surface area contributed by atoms with E-state index in [-0.39, 0.29) is 16.6 Å². The summed E-state index contributed by atoms with van der Waals surface area (Å²) in [5.74, 6) is 0.586. The van der Waals surface area contributed by atoms with E-state index < -0.39 is 14.9 Å². The van der Waals surface area contributed by atoms with E-state index in [1.165, 1.54) is 6.92 Å². The predicted molar refractivity (Wildman–Crippen MR) is 62.7 cm³/mol. The van der Waals surface area contributed by atoms with Gasteiger partial charge in [0.2, 0.25) is 5.89 Å². The second kappa shape index (κ2) is 4.63. The molecule has 2 N–H and O–H groups in total. The van der Waals surface area contributed by atoms with Gasteiger partial charge in [0, 0.05) is 5.69 Å². The van der Waals surface area contributed by atoms with E-state index in [2.05, 4.69) is 19.8 Å². The van der Waals surface area contributed by atoms with Gasteiger partial charge in [0.05, 0.1) is 6.54 Å². The molecule has 0 amide bonds.